The largest absolute Gasteiger partial charge is 0.335 e. The van der Waals surface area contributed by atoms with Crippen LogP contribution in [0.3, 0.4) is 0 Å². The molecule has 4 heteroatoms. The molecule has 1 atom stereocenters. The van der Waals surface area contributed by atoms with Gasteiger partial charge in [0.1, 0.15) is 0 Å². The molecular formula is C17H19BrN2O. The quantitative estimate of drug-likeness (QED) is 0.769. The second kappa shape index (κ2) is 6.56. The Bertz CT molecular complexity index is 643. The van der Waals surface area contributed by atoms with Crippen molar-refractivity contribution in [2.75, 3.05) is 11.9 Å². The normalized spacial score (nSPS) is 19.5. The van der Waals surface area contributed by atoms with Crippen LogP contribution in [0.5, 0.6) is 0 Å². The van der Waals surface area contributed by atoms with Crippen molar-refractivity contribution in [3.8, 4) is 0 Å². The minimum atomic E-state index is 0.145. The fraction of sp³-hybridized carbons (Fsp3) is 0.412. The summed E-state index contributed by atoms with van der Waals surface area (Å²) in [7, 11) is 0. The zero-order valence-corrected chi connectivity index (χ0v) is 13.6. The average molecular weight is 347 g/mol. The minimum Gasteiger partial charge on any atom is -0.335 e. The molecule has 2 heterocycles. The maximum Gasteiger partial charge on any atom is 0.254 e. The van der Waals surface area contributed by atoms with E-state index >= 15 is 0 Å². The van der Waals surface area contributed by atoms with Gasteiger partial charge < -0.3 is 4.90 Å². The van der Waals surface area contributed by atoms with E-state index in [-0.39, 0.29) is 5.91 Å². The van der Waals surface area contributed by atoms with Gasteiger partial charge in [0.05, 0.1) is 5.52 Å². The number of fused-ring (bicyclic) bond motifs is 1. The highest BCUT2D eigenvalue weighted by Crippen LogP contribution is 2.22. The predicted octanol–water partition coefficient (Wildman–Crippen LogP) is 4.01. The van der Waals surface area contributed by atoms with Crippen LogP contribution < -0.4 is 0 Å². The average Bonchev–Trinajstić information content (AvgIpc) is 2.79. The Morgan fingerprint density at radius 1 is 1.29 bits per heavy atom. The summed E-state index contributed by atoms with van der Waals surface area (Å²) in [5.74, 6) is 0.145. The Hall–Kier alpha value is -1.42. The number of hydrogen-bond donors (Lipinski definition) is 0. The molecule has 1 amide bonds. The highest BCUT2D eigenvalue weighted by Gasteiger charge is 2.25. The zero-order valence-electron chi connectivity index (χ0n) is 12.0. The number of likely N-dealkylation sites (tertiary alicyclic amines) is 1. The highest BCUT2D eigenvalue weighted by molar-refractivity contribution is 9.09. The van der Waals surface area contributed by atoms with Gasteiger partial charge in [-0.3, -0.25) is 9.78 Å². The minimum absolute atomic E-state index is 0.145. The predicted molar refractivity (Wildman–Crippen MR) is 88.8 cm³/mol. The molecule has 2 aromatic rings. The lowest BCUT2D eigenvalue weighted by atomic mass is 10.1. The molecule has 1 fully saturated rings. The third kappa shape index (κ3) is 3.10. The van der Waals surface area contributed by atoms with Gasteiger partial charge in [-0.05, 0) is 37.1 Å². The first-order chi connectivity index (χ1) is 10.3. The summed E-state index contributed by atoms with van der Waals surface area (Å²) < 4.78 is 0. The first-order valence-electron chi connectivity index (χ1n) is 7.51. The van der Waals surface area contributed by atoms with Crippen LogP contribution in [0.15, 0.2) is 36.5 Å². The van der Waals surface area contributed by atoms with Crippen molar-refractivity contribution in [1.82, 2.24) is 9.88 Å². The van der Waals surface area contributed by atoms with Gasteiger partial charge >= 0.3 is 0 Å². The van der Waals surface area contributed by atoms with E-state index in [2.05, 4.69) is 20.9 Å². The molecule has 0 radical (unpaired) electrons. The van der Waals surface area contributed by atoms with Crippen molar-refractivity contribution in [1.29, 1.82) is 0 Å². The molecule has 0 N–H and O–H groups in total. The van der Waals surface area contributed by atoms with Crippen molar-refractivity contribution in [3.05, 3.63) is 42.1 Å². The monoisotopic (exact) mass is 346 g/mol. The SMILES string of the molecule is O=C(c1ccc2ncccc2c1)N1CCCCCC1CBr. The lowest BCUT2D eigenvalue weighted by Gasteiger charge is -2.29. The summed E-state index contributed by atoms with van der Waals surface area (Å²) in [4.78, 5) is 19.2. The number of rotatable bonds is 2. The Balaban J connectivity index is 1.90. The lowest BCUT2D eigenvalue weighted by molar-refractivity contribution is 0.0702. The Morgan fingerprint density at radius 3 is 3.05 bits per heavy atom. The van der Waals surface area contributed by atoms with Crippen LogP contribution in [0.4, 0.5) is 0 Å². The second-order valence-corrected chi connectivity index (χ2v) is 6.21. The Morgan fingerprint density at radius 2 is 2.19 bits per heavy atom. The van der Waals surface area contributed by atoms with E-state index in [4.69, 9.17) is 0 Å². The number of amides is 1. The molecule has 0 aliphatic carbocycles. The number of nitrogens with zero attached hydrogens (tertiary/aromatic N) is 2. The lowest BCUT2D eigenvalue weighted by Crippen LogP contribution is -2.41. The van der Waals surface area contributed by atoms with Crippen molar-refractivity contribution < 1.29 is 4.79 Å². The van der Waals surface area contributed by atoms with Gasteiger partial charge in [0.25, 0.3) is 5.91 Å². The summed E-state index contributed by atoms with van der Waals surface area (Å²) >= 11 is 3.56. The van der Waals surface area contributed by atoms with Crippen molar-refractivity contribution in [2.45, 2.75) is 31.7 Å². The molecule has 1 aliphatic rings. The summed E-state index contributed by atoms with van der Waals surface area (Å²) in [6.07, 6.45) is 6.40. The number of pyridine rings is 1. The van der Waals surface area contributed by atoms with Crippen LogP contribution in [0, 0.1) is 0 Å². The maximum atomic E-state index is 12.9. The van der Waals surface area contributed by atoms with Gasteiger partial charge in [-0.25, -0.2) is 0 Å². The third-order valence-electron chi connectivity index (χ3n) is 4.17. The fourth-order valence-corrected chi connectivity index (χ4v) is 3.65. The number of halogens is 1. The van der Waals surface area contributed by atoms with E-state index in [9.17, 15) is 4.79 Å². The maximum absolute atomic E-state index is 12.9. The van der Waals surface area contributed by atoms with E-state index in [1.165, 1.54) is 12.8 Å². The van der Waals surface area contributed by atoms with Crippen LogP contribution in [-0.2, 0) is 0 Å². The van der Waals surface area contributed by atoms with Gasteiger partial charge in [0, 0.05) is 35.1 Å². The number of hydrogen-bond acceptors (Lipinski definition) is 2. The topological polar surface area (TPSA) is 33.2 Å². The zero-order chi connectivity index (χ0) is 14.7. The van der Waals surface area contributed by atoms with Gasteiger partial charge in [-0.2, -0.15) is 0 Å². The Labute approximate surface area is 133 Å². The van der Waals surface area contributed by atoms with Crippen LogP contribution in [0.1, 0.15) is 36.0 Å². The number of alkyl halides is 1. The molecule has 3 nitrogen and oxygen atoms in total. The van der Waals surface area contributed by atoms with Gasteiger partial charge in [0.15, 0.2) is 0 Å². The number of benzene rings is 1. The van der Waals surface area contributed by atoms with E-state index < -0.39 is 0 Å². The van der Waals surface area contributed by atoms with Crippen molar-refractivity contribution in [2.24, 2.45) is 0 Å². The molecule has 1 aliphatic heterocycles. The molecule has 21 heavy (non-hydrogen) atoms. The third-order valence-corrected chi connectivity index (χ3v) is 4.91. The number of aromatic nitrogens is 1. The summed E-state index contributed by atoms with van der Waals surface area (Å²) in [6.45, 7) is 0.861. The molecule has 0 spiro atoms. The number of carbonyl (C=O) groups is 1. The van der Waals surface area contributed by atoms with E-state index in [1.807, 2.05) is 35.2 Å². The first kappa shape index (κ1) is 14.5. The number of carbonyl (C=O) groups excluding carboxylic acids is 1. The molecule has 1 unspecified atom stereocenters. The molecule has 1 aromatic heterocycles. The molecule has 0 bridgehead atoms. The summed E-state index contributed by atoms with van der Waals surface area (Å²) in [5.41, 5.74) is 1.70. The molecule has 0 saturated carbocycles. The van der Waals surface area contributed by atoms with Crippen molar-refractivity contribution >= 4 is 32.7 Å². The van der Waals surface area contributed by atoms with Crippen LogP contribution in [0.2, 0.25) is 0 Å². The molecule has 1 saturated heterocycles. The second-order valence-electron chi connectivity index (χ2n) is 5.57. The summed E-state index contributed by atoms with van der Waals surface area (Å²) in [6, 6.07) is 10.0. The van der Waals surface area contributed by atoms with E-state index in [0.717, 1.165) is 41.2 Å². The highest BCUT2D eigenvalue weighted by atomic mass is 79.9. The molecule has 1 aromatic carbocycles. The standard InChI is InChI=1S/C17H19BrN2O/c18-12-15-6-2-1-3-10-20(15)17(21)14-7-8-16-13(11-14)5-4-9-19-16/h4-5,7-9,11,15H,1-3,6,10,12H2. The van der Waals surface area contributed by atoms with Gasteiger partial charge in [-0.15, -0.1) is 0 Å². The van der Waals surface area contributed by atoms with Gasteiger partial charge in [0.2, 0.25) is 0 Å². The molecular weight excluding hydrogens is 328 g/mol. The van der Waals surface area contributed by atoms with Gasteiger partial charge in [-0.1, -0.05) is 34.8 Å². The molecule has 110 valence electrons. The van der Waals surface area contributed by atoms with Crippen molar-refractivity contribution in [3.63, 3.8) is 0 Å². The summed E-state index contributed by atoms with van der Waals surface area (Å²) in [5, 5.41) is 1.88. The van der Waals surface area contributed by atoms with Crippen LogP contribution >= 0.6 is 15.9 Å². The smallest absolute Gasteiger partial charge is 0.254 e. The first-order valence-corrected chi connectivity index (χ1v) is 8.63. The van der Waals surface area contributed by atoms with E-state index in [1.54, 1.807) is 6.20 Å². The van der Waals surface area contributed by atoms with E-state index in [0.29, 0.717) is 6.04 Å². The molecule has 3 rings (SSSR count). The Kier molecular flexibility index (Phi) is 4.54. The van der Waals surface area contributed by atoms with Crippen LogP contribution in [-0.4, -0.2) is 33.7 Å². The van der Waals surface area contributed by atoms with Crippen LogP contribution in [0.25, 0.3) is 10.9 Å². The fourth-order valence-electron chi connectivity index (χ4n) is 2.98.